The zero-order valence-electron chi connectivity index (χ0n) is 20.3. The molecule has 0 unspecified atom stereocenters. The van der Waals surface area contributed by atoms with Crippen molar-refractivity contribution in [2.45, 2.75) is 6.92 Å². The standard InChI is InChI=1S/C29H24N4O4/c1-3-37-29(35)25-26-28(31-21-14-8-7-13-20(21)30-26)33(22-15-9-10-16-23(22)36-2)27(25)32-24(34)18-17-19-11-5-4-6-12-19/h4-18H,3H2,1-2H3,(H,32,34)/b18-17+. The van der Waals surface area contributed by atoms with Gasteiger partial charge >= 0.3 is 5.97 Å². The van der Waals surface area contributed by atoms with Crippen LogP contribution in [0.4, 0.5) is 5.82 Å². The van der Waals surface area contributed by atoms with Crippen molar-refractivity contribution in [2.24, 2.45) is 0 Å². The Morgan fingerprint density at radius 2 is 1.59 bits per heavy atom. The van der Waals surface area contributed by atoms with E-state index in [0.29, 0.717) is 33.6 Å². The number of ether oxygens (including phenoxy) is 2. The first-order valence-electron chi connectivity index (χ1n) is 11.8. The fourth-order valence-electron chi connectivity index (χ4n) is 4.10. The molecule has 37 heavy (non-hydrogen) atoms. The van der Waals surface area contributed by atoms with E-state index in [0.717, 1.165) is 5.56 Å². The Kier molecular flexibility index (Phi) is 6.63. The largest absolute Gasteiger partial charge is 0.495 e. The summed E-state index contributed by atoms with van der Waals surface area (Å²) in [6.45, 7) is 1.88. The number of carbonyl (C=O) groups is 2. The minimum Gasteiger partial charge on any atom is -0.495 e. The van der Waals surface area contributed by atoms with Crippen molar-refractivity contribution in [1.29, 1.82) is 0 Å². The van der Waals surface area contributed by atoms with E-state index >= 15 is 0 Å². The summed E-state index contributed by atoms with van der Waals surface area (Å²) >= 11 is 0. The van der Waals surface area contributed by atoms with Gasteiger partial charge in [0.1, 0.15) is 22.6 Å². The number of rotatable bonds is 7. The van der Waals surface area contributed by atoms with Crippen LogP contribution >= 0.6 is 0 Å². The third-order valence-corrected chi connectivity index (χ3v) is 5.74. The molecule has 1 N–H and O–H groups in total. The Labute approximate surface area is 213 Å². The van der Waals surface area contributed by atoms with Crippen LogP contribution in [0.25, 0.3) is 34.0 Å². The number of methoxy groups -OCH3 is 1. The van der Waals surface area contributed by atoms with E-state index < -0.39 is 11.9 Å². The summed E-state index contributed by atoms with van der Waals surface area (Å²) in [6.07, 6.45) is 3.10. The van der Waals surface area contributed by atoms with Crippen molar-refractivity contribution < 1.29 is 19.1 Å². The van der Waals surface area contributed by atoms with Crippen molar-refractivity contribution in [3.8, 4) is 11.4 Å². The number of nitrogens with zero attached hydrogens (tertiary/aromatic N) is 3. The third-order valence-electron chi connectivity index (χ3n) is 5.74. The van der Waals surface area contributed by atoms with Gasteiger partial charge in [-0.1, -0.05) is 54.6 Å². The highest BCUT2D eigenvalue weighted by Gasteiger charge is 2.29. The fraction of sp³-hybridized carbons (Fsp3) is 0.103. The number of aromatic nitrogens is 3. The first kappa shape index (κ1) is 23.7. The normalized spacial score (nSPS) is 11.2. The molecule has 0 spiro atoms. The van der Waals surface area contributed by atoms with Gasteiger partial charge in [-0.3, -0.25) is 9.36 Å². The molecular weight excluding hydrogens is 468 g/mol. The Bertz CT molecular complexity index is 1640. The second kappa shape index (κ2) is 10.3. The van der Waals surface area contributed by atoms with E-state index in [1.165, 1.54) is 6.08 Å². The minimum atomic E-state index is -0.618. The number of amides is 1. The van der Waals surface area contributed by atoms with Crippen LogP contribution in [0.5, 0.6) is 5.75 Å². The smallest absolute Gasteiger partial charge is 0.344 e. The van der Waals surface area contributed by atoms with Crippen LogP contribution < -0.4 is 10.1 Å². The Hall–Kier alpha value is -4.98. The summed E-state index contributed by atoms with van der Waals surface area (Å²) in [5, 5.41) is 2.88. The van der Waals surface area contributed by atoms with Crippen LogP contribution in [0.2, 0.25) is 0 Å². The number of hydrogen-bond donors (Lipinski definition) is 1. The Morgan fingerprint density at radius 3 is 2.32 bits per heavy atom. The predicted molar refractivity (Wildman–Crippen MR) is 143 cm³/mol. The lowest BCUT2D eigenvalue weighted by molar-refractivity contribution is -0.111. The third kappa shape index (κ3) is 4.64. The number of benzene rings is 3. The second-order valence-corrected chi connectivity index (χ2v) is 8.07. The van der Waals surface area contributed by atoms with Crippen molar-refractivity contribution >= 4 is 46.0 Å². The molecule has 2 heterocycles. The van der Waals surface area contributed by atoms with Crippen LogP contribution in [0.15, 0.2) is 84.9 Å². The van der Waals surface area contributed by atoms with Crippen molar-refractivity contribution in [2.75, 3.05) is 19.0 Å². The van der Waals surface area contributed by atoms with E-state index in [1.807, 2.05) is 72.8 Å². The van der Waals surface area contributed by atoms with Crippen LogP contribution in [-0.4, -0.2) is 40.1 Å². The van der Waals surface area contributed by atoms with Crippen LogP contribution in [0, 0.1) is 0 Å². The van der Waals surface area contributed by atoms with Gasteiger partial charge in [-0.2, -0.15) is 0 Å². The summed E-state index contributed by atoms with van der Waals surface area (Å²) in [5.41, 5.74) is 3.50. The molecule has 184 valence electrons. The molecule has 5 rings (SSSR count). The fourth-order valence-corrected chi connectivity index (χ4v) is 4.10. The maximum absolute atomic E-state index is 13.3. The molecule has 0 aliphatic heterocycles. The van der Waals surface area contributed by atoms with E-state index in [4.69, 9.17) is 19.4 Å². The van der Waals surface area contributed by atoms with E-state index in [2.05, 4.69) is 5.32 Å². The van der Waals surface area contributed by atoms with Crippen LogP contribution in [-0.2, 0) is 9.53 Å². The minimum absolute atomic E-state index is 0.113. The zero-order chi connectivity index (χ0) is 25.8. The van der Waals surface area contributed by atoms with Gasteiger partial charge in [0, 0.05) is 6.08 Å². The van der Waals surface area contributed by atoms with Gasteiger partial charge in [-0.25, -0.2) is 14.8 Å². The second-order valence-electron chi connectivity index (χ2n) is 8.07. The Morgan fingerprint density at radius 1 is 0.919 bits per heavy atom. The number of hydrogen-bond acceptors (Lipinski definition) is 6. The monoisotopic (exact) mass is 492 g/mol. The predicted octanol–water partition coefficient (Wildman–Crippen LogP) is 5.41. The van der Waals surface area contributed by atoms with Crippen molar-refractivity contribution in [1.82, 2.24) is 14.5 Å². The highest BCUT2D eigenvalue weighted by atomic mass is 16.5. The molecule has 0 aliphatic rings. The zero-order valence-corrected chi connectivity index (χ0v) is 20.3. The molecule has 1 amide bonds. The summed E-state index contributed by atoms with van der Waals surface area (Å²) < 4.78 is 12.7. The number of nitrogens with one attached hydrogen (secondary N) is 1. The quantitative estimate of drug-likeness (QED) is 0.241. The van der Waals surface area contributed by atoms with Gasteiger partial charge in [-0.15, -0.1) is 0 Å². The Balaban J connectivity index is 1.77. The van der Waals surface area contributed by atoms with Gasteiger partial charge in [0.25, 0.3) is 0 Å². The molecule has 0 fully saturated rings. The highest BCUT2D eigenvalue weighted by molar-refractivity contribution is 6.13. The van der Waals surface area contributed by atoms with Gasteiger partial charge < -0.3 is 14.8 Å². The molecule has 0 saturated carbocycles. The first-order chi connectivity index (χ1) is 18.1. The number of fused-ring (bicyclic) bond motifs is 2. The van der Waals surface area contributed by atoms with Gasteiger partial charge in [0.2, 0.25) is 5.91 Å². The lowest BCUT2D eigenvalue weighted by atomic mass is 10.2. The molecule has 3 aromatic carbocycles. The highest BCUT2D eigenvalue weighted by Crippen LogP contribution is 2.36. The van der Waals surface area contributed by atoms with E-state index in [-0.39, 0.29) is 18.0 Å². The van der Waals surface area contributed by atoms with Gasteiger partial charge in [0.15, 0.2) is 5.65 Å². The molecule has 8 nitrogen and oxygen atoms in total. The van der Waals surface area contributed by atoms with Crippen molar-refractivity contribution in [3.63, 3.8) is 0 Å². The van der Waals surface area contributed by atoms with Gasteiger partial charge in [0.05, 0.1) is 30.4 Å². The molecule has 5 aromatic rings. The van der Waals surface area contributed by atoms with Crippen molar-refractivity contribution in [3.05, 3.63) is 96.1 Å². The van der Waals surface area contributed by atoms with Crippen LogP contribution in [0.3, 0.4) is 0 Å². The molecule has 0 saturated heterocycles. The number of esters is 1. The lowest BCUT2D eigenvalue weighted by Gasteiger charge is -2.14. The van der Waals surface area contributed by atoms with E-state index in [9.17, 15) is 9.59 Å². The SMILES string of the molecule is CCOC(=O)c1c(NC(=O)/C=C/c2ccccc2)n(-c2ccccc2OC)c2nc3ccccc3nc12. The number of carbonyl (C=O) groups excluding carboxylic acids is 2. The maximum Gasteiger partial charge on any atom is 0.344 e. The first-order valence-corrected chi connectivity index (χ1v) is 11.8. The summed E-state index contributed by atoms with van der Waals surface area (Å²) in [5.74, 6) is -0.331. The van der Waals surface area contributed by atoms with Crippen LogP contribution in [0.1, 0.15) is 22.8 Å². The number of para-hydroxylation sites is 4. The summed E-state index contributed by atoms with van der Waals surface area (Å²) in [4.78, 5) is 36.0. The average molecular weight is 493 g/mol. The molecule has 0 atom stereocenters. The topological polar surface area (TPSA) is 95.3 Å². The molecule has 0 aliphatic carbocycles. The molecule has 8 heteroatoms. The lowest BCUT2D eigenvalue weighted by Crippen LogP contribution is -2.16. The number of anilines is 1. The average Bonchev–Trinajstić information content (AvgIpc) is 3.23. The summed E-state index contributed by atoms with van der Waals surface area (Å²) in [6, 6.07) is 24.1. The molecular formula is C29H24N4O4. The molecule has 0 radical (unpaired) electrons. The van der Waals surface area contributed by atoms with Gasteiger partial charge in [-0.05, 0) is 42.8 Å². The molecule has 0 bridgehead atoms. The summed E-state index contributed by atoms with van der Waals surface area (Å²) in [7, 11) is 1.55. The maximum atomic E-state index is 13.3. The van der Waals surface area contributed by atoms with E-state index in [1.54, 1.807) is 30.7 Å². The molecule has 2 aromatic heterocycles.